The lowest BCUT2D eigenvalue weighted by Crippen LogP contribution is -2.36. The van der Waals surface area contributed by atoms with E-state index in [1.165, 1.54) is 0 Å². The Balaban J connectivity index is 3.46. The van der Waals surface area contributed by atoms with Gasteiger partial charge in [0, 0.05) is 6.42 Å². The summed E-state index contributed by atoms with van der Waals surface area (Å²) in [5.41, 5.74) is 0. The summed E-state index contributed by atoms with van der Waals surface area (Å²) >= 11 is 11.3. The van der Waals surface area contributed by atoms with Gasteiger partial charge in [0.05, 0.1) is 0 Å². The van der Waals surface area contributed by atoms with Gasteiger partial charge in [-0.3, -0.25) is 0 Å². The standard InChI is InChI=1S/C10H17Cl2F5Si/c11-18(12)8-6-4-2-1-3-5-7-9(13,14)10(15,16)17/h18H,1-8H2. The van der Waals surface area contributed by atoms with Crippen molar-refractivity contribution >= 4 is 29.6 Å². The van der Waals surface area contributed by atoms with Crippen molar-refractivity contribution < 1.29 is 22.0 Å². The van der Waals surface area contributed by atoms with Crippen LogP contribution < -0.4 is 0 Å². The molecule has 0 spiro atoms. The maximum absolute atomic E-state index is 12.5. The van der Waals surface area contributed by atoms with E-state index in [4.69, 9.17) is 22.2 Å². The van der Waals surface area contributed by atoms with Crippen molar-refractivity contribution in [1.29, 1.82) is 0 Å². The molecule has 0 rings (SSSR count). The molecule has 0 nitrogen and oxygen atoms in total. The highest BCUT2D eigenvalue weighted by atomic mass is 35.7. The van der Waals surface area contributed by atoms with E-state index in [1.54, 1.807) is 0 Å². The molecule has 0 aromatic heterocycles. The Morgan fingerprint density at radius 3 is 1.61 bits per heavy atom. The molecule has 0 aromatic carbocycles. The van der Waals surface area contributed by atoms with Crippen LogP contribution in [0.15, 0.2) is 0 Å². The van der Waals surface area contributed by atoms with E-state index in [-0.39, 0.29) is 6.42 Å². The van der Waals surface area contributed by atoms with Crippen LogP contribution in [0.25, 0.3) is 0 Å². The maximum atomic E-state index is 12.5. The van der Waals surface area contributed by atoms with E-state index in [0.717, 1.165) is 25.3 Å². The highest BCUT2D eigenvalue weighted by Crippen LogP contribution is 2.39. The Labute approximate surface area is 115 Å². The van der Waals surface area contributed by atoms with Crippen molar-refractivity contribution in [1.82, 2.24) is 0 Å². The SMILES string of the molecule is FC(F)(F)C(F)(F)CCCCCCCC[SiH](Cl)Cl. The topological polar surface area (TPSA) is 0 Å². The summed E-state index contributed by atoms with van der Waals surface area (Å²) in [5, 5.41) is 0. The normalized spacial score (nSPS) is 13.3. The van der Waals surface area contributed by atoms with Gasteiger partial charge in [0.1, 0.15) is 0 Å². The van der Waals surface area contributed by atoms with Gasteiger partial charge >= 0.3 is 12.1 Å². The minimum absolute atomic E-state index is 0.102. The summed E-state index contributed by atoms with van der Waals surface area (Å²) in [6.07, 6.45) is -2.94. The molecule has 0 saturated carbocycles. The lowest BCUT2D eigenvalue weighted by molar-refractivity contribution is -0.284. The van der Waals surface area contributed by atoms with Crippen LogP contribution in [-0.4, -0.2) is 19.5 Å². The van der Waals surface area contributed by atoms with Crippen molar-refractivity contribution in [3.8, 4) is 0 Å². The molecule has 0 aliphatic rings. The van der Waals surface area contributed by atoms with E-state index in [1.807, 2.05) is 0 Å². The number of alkyl halides is 5. The maximum Gasteiger partial charge on any atom is 0.453 e. The molecule has 0 heterocycles. The molecule has 0 radical (unpaired) electrons. The second kappa shape index (κ2) is 8.58. The van der Waals surface area contributed by atoms with Gasteiger partial charge in [-0.15, -0.1) is 0 Å². The Morgan fingerprint density at radius 1 is 0.722 bits per heavy atom. The zero-order chi connectivity index (χ0) is 14.2. The second-order valence-electron chi connectivity index (χ2n) is 4.25. The van der Waals surface area contributed by atoms with E-state index >= 15 is 0 Å². The largest absolute Gasteiger partial charge is 0.453 e. The average Bonchev–Trinajstić information content (AvgIpc) is 2.19. The molecule has 0 aromatic rings. The van der Waals surface area contributed by atoms with Gasteiger partial charge in [-0.2, -0.15) is 44.1 Å². The number of halogens is 7. The summed E-state index contributed by atoms with van der Waals surface area (Å²) in [6, 6.07) is 0.815. The Bertz CT molecular complexity index is 221. The first-order valence-corrected chi connectivity index (χ1v) is 10.2. The highest BCUT2D eigenvalue weighted by molar-refractivity contribution is 7.33. The fourth-order valence-corrected chi connectivity index (χ4v) is 3.02. The van der Waals surface area contributed by atoms with Crippen LogP contribution in [0.5, 0.6) is 0 Å². The number of rotatable bonds is 9. The Hall–Kier alpha value is 0.447. The average molecular weight is 331 g/mol. The first-order chi connectivity index (χ1) is 8.17. The number of hydrogen-bond donors (Lipinski definition) is 0. The molecular weight excluding hydrogens is 314 g/mol. The van der Waals surface area contributed by atoms with Crippen LogP contribution in [0, 0.1) is 0 Å². The monoisotopic (exact) mass is 330 g/mol. The first-order valence-electron chi connectivity index (χ1n) is 5.89. The molecule has 0 aliphatic heterocycles. The van der Waals surface area contributed by atoms with Crippen LogP contribution in [0.1, 0.15) is 44.9 Å². The predicted octanol–water partition coefficient (Wildman–Crippen LogP) is 5.61. The zero-order valence-electron chi connectivity index (χ0n) is 9.88. The van der Waals surface area contributed by atoms with Crippen molar-refractivity contribution in [3.05, 3.63) is 0 Å². The molecule has 0 aliphatic carbocycles. The molecular formula is C10H17Cl2F5Si. The molecule has 0 N–H and O–H groups in total. The van der Waals surface area contributed by atoms with Gasteiger partial charge in [0.15, 0.2) is 0 Å². The van der Waals surface area contributed by atoms with Crippen molar-refractivity contribution in [2.45, 2.75) is 63.1 Å². The fraction of sp³-hybridized carbons (Fsp3) is 1.00. The molecule has 0 unspecified atom stereocenters. The van der Waals surface area contributed by atoms with Gasteiger partial charge < -0.3 is 0 Å². The minimum Gasteiger partial charge on any atom is -0.196 e. The van der Waals surface area contributed by atoms with Gasteiger partial charge in [-0.05, 0) is 12.5 Å². The lowest BCUT2D eigenvalue weighted by Gasteiger charge is -2.19. The van der Waals surface area contributed by atoms with Crippen LogP contribution >= 0.6 is 22.2 Å². The van der Waals surface area contributed by atoms with E-state index in [0.29, 0.717) is 12.8 Å². The van der Waals surface area contributed by atoms with Crippen LogP contribution in [0.3, 0.4) is 0 Å². The molecule has 110 valence electrons. The summed E-state index contributed by atoms with van der Waals surface area (Å²) in [7, 11) is -1.56. The van der Waals surface area contributed by atoms with E-state index < -0.39 is 25.9 Å². The lowest BCUT2D eigenvalue weighted by atomic mass is 10.1. The van der Waals surface area contributed by atoms with Gasteiger partial charge in [0.25, 0.3) is 0 Å². The minimum atomic E-state index is -5.42. The van der Waals surface area contributed by atoms with Crippen LogP contribution in [0.4, 0.5) is 22.0 Å². The zero-order valence-corrected chi connectivity index (χ0v) is 12.5. The number of unbranched alkanes of at least 4 members (excludes halogenated alkanes) is 5. The second-order valence-corrected chi connectivity index (χ2v) is 9.44. The van der Waals surface area contributed by atoms with Crippen molar-refractivity contribution in [2.75, 3.05) is 0 Å². The quantitative estimate of drug-likeness (QED) is 0.223. The summed E-state index contributed by atoms with van der Waals surface area (Å²) in [6.45, 7) is 0. The third kappa shape index (κ3) is 8.53. The van der Waals surface area contributed by atoms with Gasteiger partial charge in [0.2, 0.25) is 7.42 Å². The van der Waals surface area contributed by atoms with Crippen LogP contribution in [0.2, 0.25) is 6.04 Å². The Morgan fingerprint density at radius 2 is 1.17 bits per heavy atom. The Kier molecular flexibility index (Phi) is 8.80. The summed E-state index contributed by atoms with van der Waals surface area (Å²) < 4.78 is 60.4. The molecule has 0 saturated heterocycles. The third-order valence-corrected chi connectivity index (χ3v) is 4.73. The van der Waals surface area contributed by atoms with Crippen molar-refractivity contribution in [2.24, 2.45) is 0 Å². The molecule has 8 heteroatoms. The molecule has 0 fully saturated rings. The van der Waals surface area contributed by atoms with Crippen LogP contribution in [-0.2, 0) is 0 Å². The highest BCUT2D eigenvalue weighted by Gasteiger charge is 2.56. The summed E-state index contributed by atoms with van der Waals surface area (Å²) in [4.78, 5) is 0. The molecule has 18 heavy (non-hydrogen) atoms. The summed E-state index contributed by atoms with van der Waals surface area (Å²) in [5.74, 6) is -4.55. The molecule has 0 bridgehead atoms. The third-order valence-electron chi connectivity index (χ3n) is 2.58. The molecule has 0 amide bonds. The fourth-order valence-electron chi connectivity index (χ4n) is 1.49. The first kappa shape index (κ1) is 18.4. The number of hydrogen-bond acceptors (Lipinski definition) is 0. The van der Waals surface area contributed by atoms with Gasteiger partial charge in [-0.25, -0.2) is 0 Å². The smallest absolute Gasteiger partial charge is 0.196 e. The predicted molar refractivity (Wildman–Crippen MR) is 67.0 cm³/mol. The van der Waals surface area contributed by atoms with Gasteiger partial charge in [-0.1, -0.05) is 32.1 Å². The van der Waals surface area contributed by atoms with E-state index in [9.17, 15) is 22.0 Å². The van der Waals surface area contributed by atoms with E-state index in [2.05, 4.69) is 0 Å². The van der Waals surface area contributed by atoms with Crippen molar-refractivity contribution in [3.63, 3.8) is 0 Å². The molecule has 0 atom stereocenters.